The van der Waals surface area contributed by atoms with Crippen LogP contribution in [0.4, 0.5) is 5.82 Å². The zero-order chi connectivity index (χ0) is 14.0. The summed E-state index contributed by atoms with van der Waals surface area (Å²) in [5.41, 5.74) is 1.00. The van der Waals surface area contributed by atoms with Crippen molar-refractivity contribution in [3.63, 3.8) is 0 Å². The first kappa shape index (κ1) is 14.9. The highest BCUT2D eigenvalue weighted by Crippen LogP contribution is 2.33. The molecule has 1 saturated heterocycles. The number of anilines is 1. The number of halogens is 1. The second-order valence-electron chi connectivity index (χ2n) is 5.58. The Bertz CT molecular complexity index is 462. The molecular weight excluding hydrogens is 278 g/mol. The molecule has 0 radical (unpaired) electrons. The second kappa shape index (κ2) is 5.88. The molecule has 0 bridgehead atoms. The Morgan fingerprint density at radius 2 is 2.05 bits per heavy atom. The summed E-state index contributed by atoms with van der Waals surface area (Å²) in [6.07, 6.45) is 1.99. The average molecular weight is 300 g/mol. The highest BCUT2D eigenvalue weighted by Gasteiger charge is 2.25. The SMILES string of the molecule is CCc1nc(Cl)c(C)c(N2CCSC(C)(C)CC2)n1. The van der Waals surface area contributed by atoms with Gasteiger partial charge in [-0.15, -0.1) is 0 Å². The van der Waals surface area contributed by atoms with Crippen molar-refractivity contribution in [3.8, 4) is 0 Å². The van der Waals surface area contributed by atoms with E-state index in [-0.39, 0.29) is 0 Å². The molecule has 0 amide bonds. The van der Waals surface area contributed by atoms with Crippen LogP contribution in [-0.4, -0.2) is 33.6 Å². The largest absolute Gasteiger partial charge is 0.355 e. The highest BCUT2D eigenvalue weighted by atomic mass is 35.5. The smallest absolute Gasteiger partial charge is 0.137 e. The lowest BCUT2D eigenvalue weighted by Crippen LogP contribution is -2.29. The Hall–Kier alpha value is -0.480. The van der Waals surface area contributed by atoms with Crippen molar-refractivity contribution in [2.24, 2.45) is 0 Å². The molecule has 0 aromatic carbocycles. The van der Waals surface area contributed by atoms with Crippen molar-refractivity contribution >= 4 is 29.2 Å². The van der Waals surface area contributed by atoms with E-state index < -0.39 is 0 Å². The first-order valence-electron chi connectivity index (χ1n) is 6.85. The van der Waals surface area contributed by atoms with Gasteiger partial charge in [-0.3, -0.25) is 0 Å². The Morgan fingerprint density at radius 3 is 2.74 bits per heavy atom. The molecule has 0 N–H and O–H groups in total. The fourth-order valence-corrected chi connectivity index (χ4v) is 3.50. The third-order valence-electron chi connectivity index (χ3n) is 3.56. The molecule has 0 spiro atoms. The molecule has 1 aromatic rings. The summed E-state index contributed by atoms with van der Waals surface area (Å²) in [6.45, 7) is 10.8. The van der Waals surface area contributed by atoms with Crippen LogP contribution in [0.5, 0.6) is 0 Å². The minimum atomic E-state index is 0.354. The Labute approximate surface area is 125 Å². The average Bonchev–Trinajstić information content (AvgIpc) is 2.53. The normalized spacial score (nSPS) is 19.3. The number of hydrogen-bond donors (Lipinski definition) is 0. The fourth-order valence-electron chi connectivity index (χ4n) is 2.22. The van der Waals surface area contributed by atoms with E-state index in [9.17, 15) is 0 Å². The van der Waals surface area contributed by atoms with Gasteiger partial charge in [-0.1, -0.05) is 32.4 Å². The first-order valence-corrected chi connectivity index (χ1v) is 8.21. The first-order chi connectivity index (χ1) is 8.93. The van der Waals surface area contributed by atoms with E-state index in [0.717, 1.165) is 42.5 Å². The van der Waals surface area contributed by atoms with Crippen LogP contribution in [0, 0.1) is 6.92 Å². The predicted octanol–water partition coefficient (Wildman–Crippen LogP) is 3.72. The van der Waals surface area contributed by atoms with Gasteiger partial charge in [0.2, 0.25) is 0 Å². The highest BCUT2D eigenvalue weighted by molar-refractivity contribution is 8.00. The third kappa shape index (κ3) is 3.54. The monoisotopic (exact) mass is 299 g/mol. The predicted molar refractivity (Wildman–Crippen MR) is 84.5 cm³/mol. The van der Waals surface area contributed by atoms with Crippen molar-refractivity contribution in [2.75, 3.05) is 23.7 Å². The van der Waals surface area contributed by atoms with E-state index >= 15 is 0 Å². The van der Waals surface area contributed by atoms with Gasteiger partial charge in [0.1, 0.15) is 16.8 Å². The Balaban J connectivity index is 2.28. The Kier molecular flexibility index (Phi) is 4.62. The number of rotatable bonds is 2. The molecule has 19 heavy (non-hydrogen) atoms. The summed E-state index contributed by atoms with van der Waals surface area (Å²) in [7, 11) is 0. The molecule has 1 aromatic heterocycles. The zero-order valence-corrected chi connectivity index (χ0v) is 13.7. The van der Waals surface area contributed by atoms with Gasteiger partial charge in [-0.2, -0.15) is 11.8 Å². The molecule has 1 aliphatic rings. The minimum Gasteiger partial charge on any atom is -0.355 e. The van der Waals surface area contributed by atoms with Gasteiger partial charge in [0.05, 0.1) is 0 Å². The van der Waals surface area contributed by atoms with Crippen LogP contribution in [-0.2, 0) is 6.42 Å². The van der Waals surface area contributed by atoms with Gasteiger partial charge in [0.25, 0.3) is 0 Å². The van der Waals surface area contributed by atoms with Crippen LogP contribution in [0.1, 0.15) is 38.6 Å². The molecule has 2 heterocycles. The van der Waals surface area contributed by atoms with E-state index in [4.69, 9.17) is 11.6 Å². The van der Waals surface area contributed by atoms with Gasteiger partial charge in [0.15, 0.2) is 0 Å². The van der Waals surface area contributed by atoms with Crippen molar-refractivity contribution in [1.29, 1.82) is 0 Å². The molecule has 0 atom stereocenters. The van der Waals surface area contributed by atoms with Gasteiger partial charge in [0, 0.05) is 35.6 Å². The molecular formula is C14H22ClN3S. The molecule has 5 heteroatoms. The second-order valence-corrected chi connectivity index (χ2v) is 7.74. The van der Waals surface area contributed by atoms with Crippen LogP contribution in [0.25, 0.3) is 0 Å². The van der Waals surface area contributed by atoms with Gasteiger partial charge < -0.3 is 4.90 Å². The molecule has 3 nitrogen and oxygen atoms in total. The van der Waals surface area contributed by atoms with Crippen molar-refractivity contribution in [1.82, 2.24) is 9.97 Å². The zero-order valence-electron chi connectivity index (χ0n) is 12.2. The van der Waals surface area contributed by atoms with Crippen molar-refractivity contribution in [2.45, 2.75) is 45.3 Å². The number of nitrogens with zero attached hydrogens (tertiary/aromatic N) is 3. The molecule has 1 fully saturated rings. The molecule has 0 unspecified atom stereocenters. The van der Waals surface area contributed by atoms with Crippen LogP contribution < -0.4 is 4.90 Å². The van der Waals surface area contributed by atoms with Crippen LogP contribution in [0.3, 0.4) is 0 Å². The minimum absolute atomic E-state index is 0.354. The lowest BCUT2D eigenvalue weighted by molar-refractivity contribution is 0.633. The van der Waals surface area contributed by atoms with E-state index in [1.165, 1.54) is 6.42 Å². The van der Waals surface area contributed by atoms with Crippen LogP contribution >= 0.6 is 23.4 Å². The quantitative estimate of drug-likeness (QED) is 0.778. The van der Waals surface area contributed by atoms with Gasteiger partial charge in [-0.05, 0) is 13.3 Å². The molecule has 0 saturated carbocycles. The van der Waals surface area contributed by atoms with Crippen LogP contribution in [0.2, 0.25) is 5.15 Å². The number of aromatic nitrogens is 2. The summed E-state index contributed by atoms with van der Waals surface area (Å²) in [5.74, 6) is 2.99. The van der Waals surface area contributed by atoms with E-state index in [2.05, 4.69) is 35.6 Å². The van der Waals surface area contributed by atoms with Crippen LogP contribution in [0.15, 0.2) is 0 Å². The molecule has 2 rings (SSSR count). The Morgan fingerprint density at radius 1 is 1.32 bits per heavy atom. The maximum atomic E-state index is 6.23. The maximum Gasteiger partial charge on any atom is 0.137 e. The molecule has 0 aliphatic carbocycles. The van der Waals surface area contributed by atoms with Gasteiger partial charge in [-0.25, -0.2) is 9.97 Å². The summed E-state index contributed by atoms with van der Waals surface area (Å²) >= 11 is 8.27. The van der Waals surface area contributed by atoms with E-state index in [1.807, 2.05) is 18.7 Å². The van der Waals surface area contributed by atoms with Crippen molar-refractivity contribution in [3.05, 3.63) is 16.5 Å². The maximum absolute atomic E-state index is 6.23. The number of hydrogen-bond acceptors (Lipinski definition) is 4. The molecule has 106 valence electrons. The topological polar surface area (TPSA) is 29.0 Å². The third-order valence-corrected chi connectivity index (χ3v) is 5.30. The number of aryl methyl sites for hydroxylation is 1. The van der Waals surface area contributed by atoms with E-state index in [1.54, 1.807) is 0 Å². The summed E-state index contributed by atoms with van der Waals surface area (Å²) < 4.78 is 0.354. The lowest BCUT2D eigenvalue weighted by Gasteiger charge is -2.25. The van der Waals surface area contributed by atoms with Gasteiger partial charge >= 0.3 is 0 Å². The summed E-state index contributed by atoms with van der Waals surface area (Å²) in [5, 5.41) is 0.595. The standard InChI is InChI=1S/C14H22ClN3S/c1-5-11-16-12(15)10(2)13(17-11)18-7-6-14(3,4)19-9-8-18/h5-9H2,1-4H3. The van der Waals surface area contributed by atoms with E-state index in [0.29, 0.717) is 9.90 Å². The number of thioether (sulfide) groups is 1. The fraction of sp³-hybridized carbons (Fsp3) is 0.714. The summed E-state index contributed by atoms with van der Waals surface area (Å²) in [4.78, 5) is 11.4. The van der Waals surface area contributed by atoms with Crippen molar-refractivity contribution < 1.29 is 0 Å². The molecule has 1 aliphatic heterocycles. The lowest BCUT2D eigenvalue weighted by atomic mass is 10.1. The summed E-state index contributed by atoms with van der Waals surface area (Å²) in [6, 6.07) is 0.